The lowest BCUT2D eigenvalue weighted by atomic mass is 9.91. The molecule has 5 rings (SSSR count). The molecule has 2 atom stereocenters. The highest BCUT2D eigenvalue weighted by molar-refractivity contribution is 5.58. The molecular weight excluding hydrogens is 300 g/mol. The first-order chi connectivity index (χ1) is 11.8. The highest BCUT2D eigenvalue weighted by Crippen LogP contribution is 2.48. The second-order valence-electron chi connectivity index (χ2n) is 7.37. The van der Waals surface area contributed by atoms with Crippen molar-refractivity contribution in [1.82, 2.24) is 20.2 Å². The minimum atomic E-state index is 0.379. The predicted octanol–water partition coefficient (Wildman–Crippen LogP) is 2.58. The van der Waals surface area contributed by atoms with Gasteiger partial charge in [0, 0.05) is 31.1 Å². The normalized spacial score (nSPS) is 26.5. The van der Waals surface area contributed by atoms with Gasteiger partial charge in [0.15, 0.2) is 5.82 Å². The standard InChI is InChI=1S/C18H20N6/c19-7-13-5-6-20-8-16(13)24-9-14(11-1-2-11)15(10-24)18-21-17(22-23-18)12-3-4-12/h5-6,8,11-12,14-15H,1-4,9-10H2,(H,21,22,23)/t14-,15+/m1/s1. The van der Waals surface area contributed by atoms with Crippen LogP contribution in [0.15, 0.2) is 18.5 Å². The van der Waals surface area contributed by atoms with Crippen molar-refractivity contribution < 1.29 is 0 Å². The molecule has 1 N–H and O–H groups in total. The Hall–Kier alpha value is -2.42. The third-order valence-electron chi connectivity index (χ3n) is 5.67. The van der Waals surface area contributed by atoms with Crippen LogP contribution in [0.2, 0.25) is 0 Å². The van der Waals surface area contributed by atoms with Crippen molar-refractivity contribution in [3.63, 3.8) is 0 Å². The van der Waals surface area contributed by atoms with Crippen LogP contribution in [0, 0.1) is 23.2 Å². The lowest BCUT2D eigenvalue weighted by Gasteiger charge is -2.19. The summed E-state index contributed by atoms with van der Waals surface area (Å²) in [5.41, 5.74) is 1.66. The minimum absolute atomic E-state index is 0.379. The van der Waals surface area contributed by atoms with Gasteiger partial charge in [-0.05, 0) is 43.6 Å². The van der Waals surface area contributed by atoms with Gasteiger partial charge in [0.1, 0.15) is 11.9 Å². The van der Waals surface area contributed by atoms with Crippen molar-refractivity contribution in [2.24, 2.45) is 11.8 Å². The highest BCUT2D eigenvalue weighted by atomic mass is 15.2. The number of nitrogens with one attached hydrogen (secondary N) is 1. The van der Waals surface area contributed by atoms with E-state index in [1.807, 2.05) is 6.20 Å². The van der Waals surface area contributed by atoms with Crippen molar-refractivity contribution >= 4 is 5.69 Å². The van der Waals surface area contributed by atoms with Crippen LogP contribution in [0.5, 0.6) is 0 Å². The van der Waals surface area contributed by atoms with Crippen LogP contribution >= 0.6 is 0 Å². The molecule has 24 heavy (non-hydrogen) atoms. The number of aromatic amines is 1. The van der Waals surface area contributed by atoms with E-state index in [1.165, 1.54) is 25.7 Å². The highest BCUT2D eigenvalue weighted by Gasteiger charge is 2.45. The van der Waals surface area contributed by atoms with Crippen LogP contribution in [-0.2, 0) is 0 Å². The first-order valence-electron chi connectivity index (χ1n) is 8.84. The largest absolute Gasteiger partial charge is 0.368 e. The molecule has 2 saturated carbocycles. The molecule has 2 aliphatic carbocycles. The summed E-state index contributed by atoms with van der Waals surface area (Å²) in [6.07, 6.45) is 8.59. The van der Waals surface area contributed by atoms with E-state index >= 15 is 0 Å². The van der Waals surface area contributed by atoms with Gasteiger partial charge < -0.3 is 4.90 Å². The lowest BCUT2D eigenvalue weighted by Crippen LogP contribution is -2.21. The summed E-state index contributed by atoms with van der Waals surface area (Å²) in [6, 6.07) is 4.10. The fourth-order valence-electron chi connectivity index (χ4n) is 4.03. The van der Waals surface area contributed by atoms with Crippen molar-refractivity contribution in [1.29, 1.82) is 5.26 Å². The Bertz CT molecular complexity index is 798. The summed E-state index contributed by atoms with van der Waals surface area (Å²) in [6.45, 7) is 1.87. The number of hydrogen-bond donors (Lipinski definition) is 1. The molecule has 6 nitrogen and oxygen atoms in total. The number of anilines is 1. The van der Waals surface area contributed by atoms with Crippen molar-refractivity contribution in [3.05, 3.63) is 35.7 Å². The molecule has 0 radical (unpaired) electrons. The smallest absolute Gasteiger partial charge is 0.153 e. The molecule has 122 valence electrons. The maximum Gasteiger partial charge on any atom is 0.153 e. The van der Waals surface area contributed by atoms with Crippen molar-refractivity contribution in [2.45, 2.75) is 37.5 Å². The van der Waals surface area contributed by atoms with Crippen LogP contribution in [0.4, 0.5) is 5.69 Å². The molecule has 0 aromatic carbocycles. The van der Waals surface area contributed by atoms with E-state index in [-0.39, 0.29) is 0 Å². The van der Waals surface area contributed by atoms with Crippen LogP contribution in [0.1, 0.15) is 54.7 Å². The summed E-state index contributed by atoms with van der Waals surface area (Å²) in [5.74, 6) is 4.38. The monoisotopic (exact) mass is 320 g/mol. The van der Waals surface area contributed by atoms with E-state index in [4.69, 9.17) is 4.98 Å². The van der Waals surface area contributed by atoms with Gasteiger partial charge in [-0.15, -0.1) is 0 Å². The number of aromatic nitrogens is 4. The van der Waals surface area contributed by atoms with E-state index in [1.54, 1.807) is 12.3 Å². The van der Waals surface area contributed by atoms with Gasteiger partial charge in [-0.25, -0.2) is 4.98 Å². The Morgan fingerprint density at radius 3 is 2.83 bits per heavy atom. The van der Waals surface area contributed by atoms with Crippen LogP contribution in [0.3, 0.4) is 0 Å². The maximum absolute atomic E-state index is 9.39. The number of nitrogens with zero attached hydrogens (tertiary/aromatic N) is 5. The van der Waals surface area contributed by atoms with Crippen molar-refractivity contribution in [2.75, 3.05) is 18.0 Å². The Morgan fingerprint density at radius 1 is 1.21 bits per heavy atom. The van der Waals surface area contributed by atoms with Gasteiger partial charge in [-0.2, -0.15) is 10.4 Å². The number of pyridine rings is 1. The van der Waals surface area contributed by atoms with E-state index in [9.17, 15) is 5.26 Å². The van der Waals surface area contributed by atoms with Gasteiger partial charge in [-0.3, -0.25) is 10.1 Å². The summed E-state index contributed by atoms with van der Waals surface area (Å²) >= 11 is 0. The van der Waals surface area contributed by atoms with Gasteiger partial charge in [-0.1, -0.05) is 0 Å². The van der Waals surface area contributed by atoms with Gasteiger partial charge in [0.2, 0.25) is 0 Å². The first-order valence-corrected chi connectivity index (χ1v) is 8.84. The van der Waals surface area contributed by atoms with E-state index in [2.05, 4.69) is 26.2 Å². The number of rotatable bonds is 4. The molecule has 3 aliphatic rings. The molecular formula is C18H20N6. The molecule has 1 saturated heterocycles. The second kappa shape index (κ2) is 5.30. The fourth-order valence-corrected chi connectivity index (χ4v) is 4.03. The number of nitriles is 1. The molecule has 3 heterocycles. The SMILES string of the molecule is N#Cc1ccncc1N1C[C@H](c2nc(C3CC3)n[nH]2)[C@@H](C2CC2)C1. The zero-order valence-corrected chi connectivity index (χ0v) is 13.5. The van der Waals surface area contributed by atoms with Gasteiger partial charge in [0.05, 0.1) is 17.4 Å². The summed E-state index contributed by atoms with van der Waals surface area (Å²) in [4.78, 5) is 11.4. The van der Waals surface area contributed by atoms with Crippen LogP contribution < -0.4 is 4.90 Å². The van der Waals surface area contributed by atoms with Crippen LogP contribution in [-0.4, -0.2) is 33.3 Å². The Balaban J connectivity index is 1.45. The molecule has 6 heteroatoms. The van der Waals surface area contributed by atoms with E-state index in [0.29, 0.717) is 23.3 Å². The molecule has 2 aromatic rings. The second-order valence-corrected chi connectivity index (χ2v) is 7.37. The zero-order chi connectivity index (χ0) is 16.1. The summed E-state index contributed by atoms with van der Waals surface area (Å²) in [7, 11) is 0. The predicted molar refractivity (Wildman–Crippen MR) is 88.5 cm³/mol. The Labute approximate surface area is 140 Å². The van der Waals surface area contributed by atoms with Gasteiger partial charge in [0.25, 0.3) is 0 Å². The molecule has 0 amide bonds. The van der Waals surface area contributed by atoms with E-state index in [0.717, 1.165) is 36.3 Å². The Morgan fingerprint density at radius 2 is 2.08 bits per heavy atom. The average Bonchev–Trinajstić information content (AvgIpc) is 3.55. The molecule has 1 aliphatic heterocycles. The first kappa shape index (κ1) is 14.0. The average molecular weight is 320 g/mol. The number of H-pyrrole nitrogens is 1. The molecule has 3 fully saturated rings. The van der Waals surface area contributed by atoms with E-state index < -0.39 is 0 Å². The number of hydrogen-bond acceptors (Lipinski definition) is 5. The molecule has 0 unspecified atom stereocenters. The molecule has 0 spiro atoms. The van der Waals surface area contributed by atoms with Gasteiger partial charge >= 0.3 is 0 Å². The van der Waals surface area contributed by atoms with Crippen molar-refractivity contribution in [3.8, 4) is 6.07 Å². The molecule has 2 aromatic heterocycles. The molecule has 0 bridgehead atoms. The van der Waals surface area contributed by atoms with Crippen LogP contribution in [0.25, 0.3) is 0 Å². The Kier molecular flexibility index (Phi) is 3.09. The topological polar surface area (TPSA) is 81.5 Å². The maximum atomic E-state index is 9.39. The zero-order valence-electron chi connectivity index (χ0n) is 13.5. The minimum Gasteiger partial charge on any atom is -0.368 e. The summed E-state index contributed by atoms with van der Waals surface area (Å²) < 4.78 is 0. The fraction of sp³-hybridized carbons (Fsp3) is 0.556. The quantitative estimate of drug-likeness (QED) is 0.936. The summed E-state index contributed by atoms with van der Waals surface area (Å²) in [5, 5.41) is 17.1. The lowest BCUT2D eigenvalue weighted by molar-refractivity contribution is 0.445. The third kappa shape index (κ3) is 2.35. The third-order valence-corrected chi connectivity index (χ3v) is 5.67.